The molecule has 16 heavy (non-hydrogen) atoms. The smallest absolute Gasteiger partial charge is 0.335 e. The summed E-state index contributed by atoms with van der Waals surface area (Å²) in [6, 6.07) is 4.16. The molecule has 0 aromatic carbocycles. The van der Waals surface area contributed by atoms with Crippen LogP contribution in [0.2, 0.25) is 0 Å². The minimum atomic E-state index is -2.27. The molecule has 6 nitrogen and oxygen atoms in total. The van der Waals surface area contributed by atoms with E-state index in [-0.39, 0.29) is 0 Å². The molecule has 0 aliphatic carbocycles. The highest BCUT2D eigenvalue weighted by Crippen LogP contribution is 2.03. The number of thiophene rings is 1. The van der Waals surface area contributed by atoms with Crippen molar-refractivity contribution < 1.29 is 30.0 Å². The van der Waals surface area contributed by atoms with E-state index in [0.717, 1.165) is 0 Å². The molecule has 1 heterocycles. The van der Waals surface area contributed by atoms with Gasteiger partial charge in [-0.2, -0.15) is 0 Å². The molecule has 1 rings (SSSR count). The molecule has 0 radical (unpaired) electrons. The maximum absolute atomic E-state index is 9.77. The molecular formula is C9H12O6S. The molecular weight excluding hydrogens is 236 g/mol. The van der Waals surface area contributed by atoms with Crippen molar-refractivity contribution in [3.05, 3.63) is 22.4 Å². The minimum Gasteiger partial charge on any atom is -0.479 e. The number of carboxylic acid groups (broad SMARTS) is 2. The van der Waals surface area contributed by atoms with Crippen LogP contribution in [0.4, 0.5) is 0 Å². The van der Waals surface area contributed by atoms with Crippen molar-refractivity contribution in [2.75, 3.05) is 0 Å². The molecule has 0 saturated heterocycles. The molecule has 7 heteroatoms. The summed E-state index contributed by atoms with van der Waals surface area (Å²) in [5.41, 5.74) is 0. The van der Waals surface area contributed by atoms with Crippen LogP contribution in [0.15, 0.2) is 17.5 Å². The Morgan fingerprint density at radius 1 is 1.19 bits per heavy atom. The first-order valence-corrected chi connectivity index (χ1v) is 5.06. The zero-order valence-electron chi connectivity index (χ0n) is 8.40. The van der Waals surface area contributed by atoms with E-state index in [4.69, 9.17) is 20.4 Å². The van der Waals surface area contributed by atoms with Crippen LogP contribution in [0.25, 0.3) is 0 Å². The van der Waals surface area contributed by atoms with Crippen LogP contribution in [0.1, 0.15) is 4.88 Å². The number of hydrogen-bond acceptors (Lipinski definition) is 5. The second-order valence-electron chi connectivity index (χ2n) is 2.79. The van der Waals surface area contributed by atoms with Gasteiger partial charge in [0, 0.05) is 4.88 Å². The molecule has 0 aliphatic rings. The van der Waals surface area contributed by atoms with Crippen molar-refractivity contribution in [2.45, 2.75) is 19.1 Å². The molecule has 0 spiro atoms. The molecule has 2 atom stereocenters. The first-order valence-electron chi connectivity index (χ1n) is 4.18. The largest absolute Gasteiger partial charge is 0.479 e. The minimum absolute atomic E-state index is 1.38. The topological polar surface area (TPSA) is 115 Å². The van der Waals surface area contributed by atoms with E-state index in [9.17, 15) is 9.59 Å². The Hall–Kier alpha value is -1.44. The number of aliphatic carboxylic acids is 2. The van der Waals surface area contributed by atoms with Gasteiger partial charge in [0.25, 0.3) is 0 Å². The van der Waals surface area contributed by atoms with Crippen molar-refractivity contribution >= 4 is 23.3 Å². The number of aliphatic hydroxyl groups is 2. The highest BCUT2D eigenvalue weighted by Gasteiger charge is 2.29. The van der Waals surface area contributed by atoms with Gasteiger partial charge in [0.05, 0.1) is 0 Å². The zero-order valence-corrected chi connectivity index (χ0v) is 9.22. The van der Waals surface area contributed by atoms with Gasteiger partial charge in [-0.25, -0.2) is 9.59 Å². The van der Waals surface area contributed by atoms with Gasteiger partial charge in [0.15, 0.2) is 12.2 Å². The monoisotopic (exact) mass is 248 g/mol. The van der Waals surface area contributed by atoms with Crippen LogP contribution < -0.4 is 0 Å². The van der Waals surface area contributed by atoms with Crippen molar-refractivity contribution in [1.82, 2.24) is 0 Å². The molecule has 1 aromatic rings. The predicted octanol–water partition coefficient (Wildman–Crippen LogP) is -0.0661. The molecule has 2 unspecified atom stereocenters. The van der Waals surface area contributed by atoms with Crippen molar-refractivity contribution in [3.8, 4) is 0 Å². The van der Waals surface area contributed by atoms with Crippen molar-refractivity contribution in [2.24, 2.45) is 0 Å². The fraction of sp³-hybridized carbons (Fsp3) is 0.333. The van der Waals surface area contributed by atoms with Gasteiger partial charge in [0.2, 0.25) is 0 Å². The van der Waals surface area contributed by atoms with Gasteiger partial charge in [-0.15, -0.1) is 11.3 Å². The molecule has 0 aliphatic heterocycles. The van der Waals surface area contributed by atoms with Gasteiger partial charge in [-0.3, -0.25) is 0 Å². The van der Waals surface area contributed by atoms with E-state index in [1.54, 1.807) is 11.3 Å². The van der Waals surface area contributed by atoms with Gasteiger partial charge < -0.3 is 20.4 Å². The molecule has 0 fully saturated rings. The van der Waals surface area contributed by atoms with Crippen LogP contribution in [0.3, 0.4) is 0 Å². The molecule has 0 saturated carbocycles. The normalized spacial score (nSPS) is 13.2. The Morgan fingerprint density at radius 3 is 1.75 bits per heavy atom. The van der Waals surface area contributed by atoms with Crippen LogP contribution in [0, 0.1) is 6.92 Å². The Bertz CT molecular complexity index is 316. The lowest BCUT2D eigenvalue weighted by molar-refractivity contribution is -0.165. The summed E-state index contributed by atoms with van der Waals surface area (Å²) in [5.74, 6) is -3.54. The maximum atomic E-state index is 9.77. The summed E-state index contributed by atoms with van der Waals surface area (Å²) >= 11 is 1.78. The number of aryl methyl sites for hydroxylation is 1. The highest BCUT2D eigenvalue weighted by atomic mass is 32.1. The summed E-state index contributed by atoms with van der Waals surface area (Å²) in [6.07, 6.45) is -4.53. The first kappa shape index (κ1) is 14.6. The van der Waals surface area contributed by atoms with E-state index in [0.29, 0.717) is 0 Å². The average molecular weight is 248 g/mol. The summed E-state index contributed by atoms with van der Waals surface area (Å²) < 4.78 is 0. The molecule has 1 aromatic heterocycles. The van der Waals surface area contributed by atoms with Crippen molar-refractivity contribution in [3.63, 3.8) is 0 Å². The zero-order chi connectivity index (χ0) is 12.7. The van der Waals surface area contributed by atoms with Gasteiger partial charge >= 0.3 is 11.9 Å². The summed E-state index contributed by atoms with van der Waals surface area (Å²) in [5, 5.41) is 34.6. The number of aliphatic hydroxyl groups excluding tert-OH is 2. The van der Waals surface area contributed by atoms with E-state index in [2.05, 4.69) is 24.4 Å². The predicted molar refractivity (Wildman–Crippen MR) is 56.3 cm³/mol. The van der Waals surface area contributed by atoms with Crippen LogP contribution in [-0.2, 0) is 9.59 Å². The van der Waals surface area contributed by atoms with E-state index in [1.807, 2.05) is 0 Å². The third-order valence-electron chi connectivity index (χ3n) is 1.47. The standard InChI is InChI=1S/C5H6S.C4H6O6/c1-5-3-2-4-6-5;5-1(3(7)8)2(6)4(9)10/h2-4H,1H3;1-2,5-6H,(H,7,8)(H,9,10). The second-order valence-corrected chi connectivity index (χ2v) is 3.94. The Kier molecular flexibility index (Phi) is 6.31. The fourth-order valence-electron chi connectivity index (χ4n) is 0.631. The lowest BCUT2D eigenvalue weighted by Gasteiger charge is -2.07. The molecule has 90 valence electrons. The van der Waals surface area contributed by atoms with E-state index in [1.165, 1.54) is 4.88 Å². The first-order chi connectivity index (χ1) is 7.36. The van der Waals surface area contributed by atoms with Gasteiger partial charge in [0.1, 0.15) is 0 Å². The summed E-state index contributed by atoms with van der Waals surface area (Å²) in [4.78, 5) is 20.9. The lowest BCUT2D eigenvalue weighted by Crippen LogP contribution is -2.39. The van der Waals surface area contributed by atoms with Crippen LogP contribution in [-0.4, -0.2) is 44.6 Å². The number of rotatable bonds is 3. The Morgan fingerprint density at radius 2 is 1.62 bits per heavy atom. The van der Waals surface area contributed by atoms with E-state index >= 15 is 0 Å². The van der Waals surface area contributed by atoms with E-state index < -0.39 is 24.1 Å². The molecule has 0 amide bonds. The summed E-state index contributed by atoms with van der Waals surface area (Å²) in [7, 11) is 0. The third-order valence-corrected chi connectivity index (χ3v) is 2.27. The highest BCUT2D eigenvalue weighted by molar-refractivity contribution is 7.09. The average Bonchev–Trinajstić information content (AvgIpc) is 2.67. The third kappa shape index (κ3) is 5.44. The summed E-state index contributed by atoms with van der Waals surface area (Å²) in [6.45, 7) is 2.10. The Labute approximate surface area is 95.4 Å². The SMILES string of the molecule is Cc1cccs1.O=C(O)C(O)C(O)C(=O)O. The van der Waals surface area contributed by atoms with Crippen molar-refractivity contribution in [1.29, 1.82) is 0 Å². The van der Waals surface area contributed by atoms with Gasteiger partial charge in [-0.05, 0) is 18.4 Å². The second kappa shape index (κ2) is 6.94. The number of hydrogen-bond donors (Lipinski definition) is 4. The Balaban J connectivity index is 0.000000315. The number of carboxylic acids is 2. The molecule has 0 bridgehead atoms. The van der Waals surface area contributed by atoms with Crippen LogP contribution >= 0.6 is 11.3 Å². The van der Waals surface area contributed by atoms with Crippen LogP contribution in [0.5, 0.6) is 0 Å². The molecule has 4 N–H and O–H groups in total. The van der Waals surface area contributed by atoms with Gasteiger partial charge in [-0.1, -0.05) is 6.07 Å². The lowest BCUT2D eigenvalue weighted by atomic mass is 10.2. The maximum Gasteiger partial charge on any atom is 0.335 e. The quantitative estimate of drug-likeness (QED) is 0.595. The fourth-order valence-corrected chi connectivity index (χ4v) is 1.16. The number of carbonyl (C=O) groups is 2.